The highest BCUT2D eigenvalue weighted by Gasteiger charge is 2.69. The van der Waals surface area contributed by atoms with E-state index in [-0.39, 0.29) is 5.91 Å². The van der Waals surface area contributed by atoms with Gasteiger partial charge in [0.15, 0.2) is 0 Å². The zero-order valence-electron chi connectivity index (χ0n) is 15.5. The van der Waals surface area contributed by atoms with Crippen LogP contribution < -0.4 is 4.90 Å². The van der Waals surface area contributed by atoms with Gasteiger partial charge in [-0.3, -0.25) is 9.59 Å². The lowest BCUT2D eigenvalue weighted by atomic mass is 9.52. The van der Waals surface area contributed by atoms with E-state index in [1.54, 1.807) is 48.5 Å². The number of carbonyl (C=O) groups excluding carboxylic acids is 2. The second-order valence-corrected chi connectivity index (χ2v) is 8.82. The Kier molecular flexibility index (Phi) is 3.59. The number of anilines is 1. The molecular formula is C24H15Cl2NO3. The summed E-state index contributed by atoms with van der Waals surface area (Å²) in [6, 6.07) is 19.6. The second kappa shape index (κ2) is 5.94. The molecule has 148 valence electrons. The Morgan fingerprint density at radius 1 is 0.767 bits per heavy atom. The molecule has 3 aromatic rings. The van der Waals surface area contributed by atoms with Crippen molar-refractivity contribution >= 4 is 40.7 Å². The lowest BCUT2D eigenvalue weighted by molar-refractivity contribution is -0.133. The van der Waals surface area contributed by atoms with Gasteiger partial charge < -0.3 is 5.11 Å². The number of hydrogen-bond donors (Lipinski definition) is 1. The summed E-state index contributed by atoms with van der Waals surface area (Å²) in [5, 5.41) is 13.0. The number of aliphatic hydroxyl groups is 1. The Balaban J connectivity index is 1.68. The van der Waals surface area contributed by atoms with Crippen molar-refractivity contribution in [1.82, 2.24) is 0 Å². The fourth-order valence-electron chi connectivity index (χ4n) is 5.69. The van der Waals surface area contributed by atoms with E-state index in [4.69, 9.17) is 23.2 Å². The minimum atomic E-state index is -1.78. The maximum Gasteiger partial charge on any atom is 0.241 e. The number of imide groups is 1. The molecule has 1 heterocycles. The Hall–Kier alpha value is -2.66. The molecule has 1 fully saturated rings. The van der Waals surface area contributed by atoms with Crippen LogP contribution in [-0.4, -0.2) is 16.9 Å². The maximum atomic E-state index is 13.6. The van der Waals surface area contributed by atoms with Crippen molar-refractivity contribution < 1.29 is 14.7 Å². The summed E-state index contributed by atoms with van der Waals surface area (Å²) in [7, 11) is 0. The van der Waals surface area contributed by atoms with Gasteiger partial charge in [-0.15, -0.1) is 0 Å². The first-order chi connectivity index (χ1) is 14.5. The molecule has 1 aliphatic heterocycles. The van der Waals surface area contributed by atoms with Crippen molar-refractivity contribution in [3.05, 3.63) is 99.0 Å². The molecule has 6 heteroatoms. The van der Waals surface area contributed by atoms with Gasteiger partial charge in [0.1, 0.15) is 5.60 Å². The van der Waals surface area contributed by atoms with Crippen molar-refractivity contribution in [3.63, 3.8) is 0 Å². The van der Waals surface area contributed by atoms with Crippen LogP contribution in [0.1, 0.15) is 28.2 Å². The number of rotatable bonds is 1. The smallest absolute Gasteiger partial charge is 0.241 e. The SMILES string of the molecule is O=C1C2C3c4cccc(Cl)c4C(O)(c4c(Cl)cccc43)C2C(=O)N1c1ccccc1. The molecule has 1 N–H and O–H groups in total. The number of halogens is 2. The lowest BCUT2D eigenvalue weighted by Gasteiger charge is -2.51. The van der Waals surface area contributed by atoms with Crippen molar-refractivity contribution in [3.8, 4) is 0 Å². The van der Waals surface area contributed by atoms with E-state index in [2.05, 4.69) is 0 Å². The van der Waals surface area contributed by atoms with Gasteiger partial charge >= 0.3 is 0 Å². The summed E-state index contributed by atoms with van der Waals surface area (Å²) < 4.78 is 0. The molecular weight excluding hydrogens is 421 g/mol. The van der Waals surface area contributed by atoms with Gasteiger partial charge in [0.05, 0.1) is 17.5 Å². The molecule has 4 aliphatic rings. The summed E-state index contributed by atoms with van der Waals surface area (Å²) in [5.41, 5.74) is 1.23. The second-order valence-electron chi connectivity index (χ2n) is 8.00. The van der Waals surface area contributed by atoms with Crippen LogP contribution in [0.15, 0.2) is 66.7 Å². The monoisotopic (exact) mass is 435 g/mol. The fourth-order valence-corrected chi connectivity index (χ4v) is 6.34. The first kappa shape index (κ1) is 18.1. The quantitative estimate of drug-likeness (QED) is 0.572. The number of para-hydroxylation sites is 1. The van der Waals surface area contributed by atoms with E-state index in [0.29, 0.717) is 26.9 Å². The number of nitrogens with zero attached hydrogens (tertiary/aromatic N) is 1. The third-order valence-corrected chi connectivity index (χ3v) is 7.33. The van der Waals surface area contributed by atoms with Crippen LogP contribution in [0.5, 0.6) is 0 Å². The van der Waals surface area contributed by atoms with E-state index in [0.717, 1.165) is 11.1 Å². The Morgan fingerprint density at radius 3 is 1.90 bits per heavy atom. The predicted molar refractivity (Wildman–Crippen MR) is 114 cm³/mol. The Morgan fingerprint density at radius 2 is 1.33 bits per heavy atom. The molecule has 0 aromatic heterocycles. The fraction of sp³-hybridized carbons (Fsp3) is 0.167. The molecule has 2 atom stereocenters. The van der Waals surface area contributed by atoms with Crippen LogP contribution in [-0.2, 0) is 15.2 Å². The van der Waals surface area contributed by atoms with Crippen molar-refractivity contribution in [1.29, 1.82) is 0 Å². The van der Waals surface area contributed by atoms with Crippen LogP contribution in [0.4, 0.5) is 5.69 Å². The van der Waals surface area contributed by atoms with E-state index in [9.17, 15) is 14.7 Å². The van der Waals surface area contributed by atoms with E-state index in [1.165, 1.54) is 4.90 Å². The van der Waals surface area contributed by atoms with Crippen molar-refractivity contribution in [2.75, 3.05) is 4.90 Å². The summed E-state index contributed by atoms with van der Waals surface area (Å²) in [5.74, 6) is -2.86. The number of amides is 2. The van der Waals surface area contributed by atoms with E-state index >= 15 is 0 Å². The average molecular weight is 436 g/mol. The van der Waals surface area contributed by atoms with Gasteiger partial charge in [-0.25, -0.2) is 4.90 Å². The first-order valence-electron chi connectivity index (χ1n) is 9.69. The van der Waals surface area contributed by atoms with Crippen LogP contribution in [0.3, 0.4) is 0 Å². The van der Waals surface area contributed by atoms with Crippen LogP contribution >= 0.6 is 23.2 Å². The molecule has 1 saturated heterocycles. The molecule has 2 unspecified atom stereocenters. The summed E-state index contributed by atoms with van der Waals surface area (Å²) in [4.78, 5) is 28.4. The molecule has 0 saturated carbocycles. The van der Waals surface area contributed by atoms with E-state index in [1.807, 2.05) is 18.2 Å². The van der Waals surface area contributed by atoms with Crippen LogP contribution in [0.25, 0.3) is 0 Å². The Bertz CT molecular complexity index is 1200. The first-order valence-corrected chi connectivity index (χ1v) is 10.4. The minimum absolute atomic E-state index is 0.309. The van der Waals surface area contributed by atoms with Gasteiger partial charge in [0, 0.05) is 27.1 Å². The van der Waals surface area contributed by atoms with Crippen LogP contribution in [0.2, 0.25) is 10.0 Å². The zero-order valence-corrected chi connectivity index (χ0v) is 17.1. The minimum Gasteiger partial charge on any atom is -0.379 e. The highest BCUT2D eigenvalue weighted by molar-refractivity contribution is 6.33. The van der Waals surface area contributed by atoms with Crippen molar-refractivity contribution in [2.45, 2.75) is 11.5 Å². The molecule has 7 rings (SSSR count). The molecule has 30 heavy (non-hydrogen) atoms. The third kappa shape index (κ3) is 1.97. The molecule has 3 aromatic carbocycles. The lowest BCUT2D eigenvalue weighted by Crippen LogP contribution is -2.54. The number of carbonyl (C=O) groups is 2. The molecule has 0 radical (unpaired) electrons. The average Bonchev–Trinajstić information content (AvgIpc) is 3.00. The molecule has 0 spiro atoms. The predicted octanol–water partition coefficient (Wildman–Crippen LogP) is 4.49. The van der Waals surface area contributed by atoms with E-state index < -0.39 is 29.3 Å². The van der Waals surface area contributed by atoms with Gasteiger partial charge in [-0.2, -0.15) is 0 Å². The summed E-state index contributed by atoms with van der Waals surface area (Å²) >= 11 is 13.1. The topological polar surface area (TPSA) is 57.6 Å². The summed E-state index contributed by atoms with van der Waals surface area (Å²) in [6.45, 7) is 0. The highest BCUT2D eigenvalue weighted by Crippen LogP contribution is 2.65. The normalized spacial score (nSPS) is 28.4. The number of hydrogen-bond acceptors (Lipinski definition) is 3. The van der Waals surface area contributed by atoms with Crippen molar-refractivity contribution in [2.24, 2.45) is 11.8 Å². The largest absolute Gasteiger partial charge is 0.379 e. The third-order valence-electron chi connectivity index (χ3n) is 6.70. The maximum absolute atomic E-state index is 13.6. The zero-order chi connectivity index (χ0) is 20.8. The van der Waals surface area contributed by atoms with Gasteiger partial charge in [0.2, 0.25) is 11.8 Å². The van der Waals surface area contributed by atoms with Gasteiger partial charge in [-0.05, 0) is 35.4 Å². The standard InChI is InChI=1S/C24H15Cl2NO3/c25-15-10-4-8-13-17-14-9-5-11-16(26)20(14)24(30,19(13)15)21-18(17)22(28)27(23(21)29)12-6-2-1-3-7-12/h1-11,17-18,21,30H. The van der Waals surface area contributed by atoms with Crippen LogP contribution in [0, 0.1) is 11.8 Å². The summed E-state index contributed by atoms with van der Waals surface area (Å²) in [6.07, 6.45) is 0. The molecule has 4 nitrogen and oxygen atoms in total. The molecule has 2 amide bonds. The molecule has 2 bridgehead atoms. The van der Waals surface area contributed by atoms with Gasteiger partial charge in [-0.1, -0.05) is 65.7 Å². The Labute approximate surface area is 182 Å². The highest BCUT2D eigenvalue weighted by atomic mass is 35.5. The molecule has 3 aliphatic carbocycles. The number of benzene rings is 3. The van der Waals surface area contributed by atoms with Gasteiger partial charge in [0.25, 0.3) is 0 Å².